The molecule has 0 amide bonds. The zero-order chi connectivity index (χ0) is 10.4. The maximum atomic E-state index is 5.36. The highest BCUT2D eigenvalue weighted by molar-refractivity contribution is 7.80. The molecule has 76 valence electrons. The van der Waals surface area contributed by atoms with Crippen molar-refractivity contribution in [2.45, 2.75) is 13.3 Å². The van der Waals surface area contributed by atoms with E-state index in [1.54, 1.807) is 6.20 Å². The zero-order valence-electron chi connectivity index (χ0n) is 7.86. The molecule has 1 aromatic heterocycles. The molecule has 1 aromatic rings. The van der Waals surface area contributed by atoms with Crippen molar-refractivity contribution in [2.24, 2.45) is 5.73 Å². The lowest BCUT2D eigenvalue weighted by Crippen LogP contribution is -2.20. The third-order valence-electron chi connectivity index (χ3n) is 1.38. The molecule has 0 spiro atoms. The van der Waals surface area contributed by atoms with Gasteiger partial charge in [0.25, 0.3) is 0 Å². The van der Waals surface area contributed by atoms with Crippen LogP contribution in [0.5, 0.6) is 5.88 Å². The van der Waals surface area contributed by atoms with Gasteiger partial charge < -0.3 is 15.8 Å². The summed E-state index contributed by atoms with van der Waals surface area (Å²) in [7, 11) is 0. The lowest BCUT2D eigenvalue weighted by atomic mass is 10.5. The number of ether oxygens (including phenoxy) is 1. The Labute approximate surface area is 87.7 Å². The Morgan fingerprint density at radius 3 is 3.14 bits per heavy atom. The number of thiocarbonyl (C=S) groups is 1. The summed E-state index contributed by atoms with van der Waals surface area (Å²) in [5.41, 5.74) is 5.92. The highest BCUT2D eigenvalue weighted by Gasteiger charge is 2.04. The molecule has 1 rings (SSSR count). The van der Waals surface area contributed by atoms with E-state index >= 15 is 0 Å². The molecular weight excluding hydrogens is 200 g/mol. The second-order valence-corrected chi connectivity index (χ2v) is 3.02. The van der Waals surface area contributed by atoms with Gasteiger partial charge in [0.05, 0.1) is 12.8 Å². The van der Waals surface area contributed by atoms with Gasteiger partial charge in [-0.1, -0.05) is 6.92 Å². The summed E-state index contributed by atoms with van der Waals surface area (Å²) < 4.78 is 5.36. The fraction of sp³-hybridized carbons (Fsp3) is 0.375. The van der Waals surface area contributed by atoms with Crippen LogP contribution < -0.4 is 15.8 Å². The van der Waals surface area contributed by atoms with Crippen LogP contribution in [0.1, 0.15) is 13.3 Å². The van der Waals surface area contributed by atoms with E-state index in [1.165, 1.54) is 6.33 Å². The molecule has 0 radical (unpaired) electrons. The van der Waals surface area contributed by atoms with Crippen molar-refractivity contribution in [3.8, 4) is 5.88 Å². The minimum atomic E-state index is 0.168. The van der Waals surface area contributed by atoms with Gasteiger partial charge in [0.2, 0.25) is 5.88 Å². The summed E-state index contributed by atoms with van der Waals surface area (Å²) in [6, 6.07) is 0. The monoisotopic (exact) mass is 212 g/mol. The Morgan fingerprint density at radius 2 is 2.50 bits per heavy atom. The van der Waals surface area contributed by atoms with E-state index in [0.29, 0.717) is 18.2 Å². The second-order valence-electron chi connectivity index (χ2n) is 2.58. The van der Waals surface area contributed by atoms with E-state index in [9.17, 15) is 0 Å². The summed E-state index contributed by atoms with van der Waals surface area (Å²) in [5.74, 6) is 0.467. The van der Waals surface area contributed by atoms with Gasteiger partial charge in [-0.05, 0) is 18.6 Å². The molecule has 6 heteroatoms. The Bertz CT molecular complexity index is 318. The Morgan fingerprint density at radius 1 is 1.71 bits per heavy atom. The first-order valence-corrected chi connectivity index (χ1v) is 4.64. The van der Waals surface area contributed by atoms with Crippen molar-refractivity contribution >= 4 is 23.0 Å². The van der Waals surface area contributed by atoms with Crippen molar-refractivity contribution in [2.75, 3.05) is 11.9 Å². The first kappa shape index (κ1) is 10.6. The topological polar surface area (TPSA) is 73.1 Å². The molecule has 0 saturated heterocycles. The van der Waals surface area contributed by atoms with E-state index in [1.807, 2.05) is 6.92 Å². The van der Waals surface area contributed by atoms with Gasteiger partial charge in [0, 0.05) is 0 Å². The van der Waals surface area contributed by atoms with E-state index in [4.69, 9.17) is 22.7 Å². The number of anilines is 1. The summed E-state index contributed by atoms with van der Waals surface area (Å²) in [6.07, 6.45) is 3.89. The zero-order valence-corrected chi connectivity index (χ0v) is 8.67. The molecule has 0 aromatic carbocycles. The maximum absolute atomic E-state index is 5.36. The van der Waals surface area contributed by atoms with Gasteiger partial charge in [-0.2, -0.15) is 4.98 Å². The minimum Gasteiger partial charge on any atom is -0.476 e. The lowest BCUT2D eigenvalue weighted by Gasteiger charge is -2.09. The molecule has 0 saturated carbocycles. The third-order valence-corrected chi connectivity index (χ3v) is 1.48. The Balaban J connectivity index is 2.74. The van der Waals surface area contributed by atoms with Crippen LogP contribution in [0.3, 0.4) is 0 Å². The number of aromatic nitrogens is 2. The molecule has 0 bridgehead atoms. The molecule has 0 aliphatic rings. The minimum absolute atomic E-state index is 0.168. The Kier molecular flexibility index (Phi) is 4.06. The molecule has 14 heavy (non-hydrogen) atoms. The summed E-state index contributed by atoms with van der Waals surface area (Å²) >= 11 is 4.71. The van der Waals surface area contributed by atoms with Crippen LogP contribution >= 0.6 is 12.2 Å². The first-order valence-electron chi connectivity index (χ1n) is 4.23. The molecule has 5 nitrogen and oxygen atoms in total. The van der Waals surface area contributed by atoms with Crippen molar-refractivity contribution in [3.05, 3.63) is 12.5 Å². The van der Waals surface area contributed by atoms with Crippen LogP contribution in [0.25, 0.3) is 0 Å². The van der Waals surface area contributed by atoms with Gasteiger partial charge >= 0.3 is 0 Å². The normalized spacial score (nSPS) is 9.50. The van der Waals surface area contributed by atoms with Crippen molar-refractivity contribution < 1.29 is 4.74 Å². The van der Waals surface area contributed by atoms with Crippen LogP contribution in [-0.2, 0) is 0 Å². The standard InChI is InChI=1S/C8H12N4OS/c1-2-3-13-7-6(12-8(9)14)4-10-5-11-7/h4-5H,2-3H2,1H3,(H3,9,12,14). The van der Waals surface area contributed by atoms with Gasteiger partial charge in [0.15, 0.2) is 5.11 Å². The smallest absolute Gasteiger partial charge is 0.240 e. The van der Waals surface area contributed by atoms with Crippen LogP contribution in [0, 0.1) is 0 Å². The predicted octanol–water partition coefficient (Wildman–Crippen LogP) is 0.921. The molecule has 0 atom stereocenters. The molecule has 0 fully saturated rings. The average molecular weight is 212 g/mol. The number of rotatable bonds is 4. The SMILES string of the molecule is CCCOc1ncncc1NC(N)=S. The third kappa shape index (κ3) is 3.14. The predicted molar refractivity (Wildman–Crippen MR) is 58.2 cm³/mol. The summed E-state index contributed by atoms with van der Waals surface area (Å²) in [5, 5.41) is 2.91. The molecule has 3 N–H and O–H groups in total. The van der Waals surface area contributed by atoms with Gasteiger partial charge in [0.1, 0.15) is 12.0 Å². The van der Waals surface area contributed by atoms with Crippen LogP contribution in [0.2, 0.25) is 0 Å². The van der Waals surface area contributed by atoms with Crippen molar-refractivity contribution in [1.29, 1.82) is 0 Å². The first-order chi connectivity index (χ1) is 6.74. The van der Waals surface area contributed by atoms with Crippen LogP contribution in [0.15, 0.2) is 12.5 Å². The van der Waals surface area contributed by atoms with Crippen LogP contribution in [-0.4, -0.2) is 21.7 Å². The largest absolute Gasteiger partial charge is 0.476 e. The van der Waals surface area contributed by atoms with E-state index in [0.717, 1.165) is 6.42 Å². The summed E-state index contributed by atoms with van der Waals surface area (Å²) in [4.78, 5) is 7.80. The van der Waals surface area contributed by atoms with Gasteiger partial charge in [-0.15, -0.1) is 0 Å². The number of nitrogens with two attached hydrogens (primary N) is 1. The molecule has 0 aliphatic heterocycles. The number of nitrogens with zero attached hydrogens (tertiary/aromatic N) is 2. The lowest BCUT2D eigenvalue weighted by molar-refractivity contribution is 0.306. The maximum Gasteiger partial charge on any atom is 0.240 e. The second kappa shape index (κ2) is 5.33. The fourth-order valence-electron chi connectivity index (χ4n) is 0.851. The van der Waals surface area contributed by atoms with Gasteiger partial charge in [-0.3, -0.25) is 0 Å². The molecular formula is C8H12N4OS. The van der Waals surface area contributed by atoms with Crippen molar-refractivity contribution in [3.63, 3.8) is 0 Å². The highest BCUT2D eigenvalue weighted by atomic mass is 32.1. The average Bonchev–Trinajstić information content (AvgIpc) is 2.16. The quantitative estimate of drug-likeness (QED) is 0.723. The van der Waals surface area contributed by atoms with E-state index in [2.05, 4.69) is 15.3 Å². The van der Waals surface area contributed by atoms with E-state index in [-0.39, 0.29) is 5.11 Å². The van der Waals surface area contributed by atoms with Gasteiger partial charge in [-0.25, -0.2) is 4.98 Å². The molecule has 0 unspecified atom stereocenters. The van der Waals surface area contributed by atoms with Crippen LogP contribution in [0.4, 0.5) is 5.69 Å². The van der Waals surface area contributed by atoms with Crippen molar-refractivity contribution in [1.82, 2.24) is 9.97 Å². The number of hydrogen-bond donors (Lipinski definition) is 2. The fourth-order valence-corrected chi connectivity index (χ4v) is 0.961. The Hall–Kier alpha value is -1.43. The molecule has 1 heterocycles. The molecule has 0 aliphatic carbocycles. The number of hydrogen-bond acceptors (Lipinski definition) is 4. The summed E-state index contributed by atoms with van der Waals surface area (Å²) in [6.45, 7) is 2.62. The highest BCUT2D eigenvalue weighted by Crippen LogP contribution is 2.18. The van der Waals surface area contributed by atoms with E-state index < -0.39 is 0 Å². The number of nitrogens with one attached hydrogen (secondary N) is 1.